The smallest absolute Gasteiger partial charge is 0.417 e. The van der Waals surface area contributed by atoms with Crippen LogP contribution < -0.4 is 21.1 Å². The third-order valence-corrected chi connectivity index (χ3v) is 5.59. The quantitative estimate of drug-likeness (QED) is 0.219. The number of urea groups is 1. The molecule has 0 radical (unpaired) electrons. The highest BCUT2D eigenvalue weighted by molar-refractivity contribution is 6.31. The zero-order valence-electron chi connectivity index (χ0n) is 18.0. The molecule has 0 spiro atoms. The lowest BCUT2D eigenvalue weighted by atomic mass is 10.1. The van der Waals surface area contributed by atoms with Gasteiger partial charge in [0.15, 0.2) is 11.4 Å². The van der Waals surface area contributed by atoms with Gasteiger partial charge in [-0.3, -0.25) is 4.98 Å². The molecule has 0 saturated carbocycles. The minimum Gasteiger partial charge on any atom is -0.454 e. The second-order valence-corrected chi connectivity index (χ2v) is 8.05. The number of carbonyl (C=O) groups excluding carboxylic acids is 1. The summed E-state index contributed by atoms with van der Waals surface area (Å²) in [6.45, 7) is 0. The van der Waals surface area contributed by atoms with Gasteiger partial charge in [-0.25, -0.2) is 14.6 Å². The molecule has 5 aromatic rings. The van der Waals surface area contributed by atoms with E-state index >= 15 is 0 Å². The Morgan fingerprint density at radius 2 is 1.72 bits per heavy atom. The fourth-order valence-corrected chi connectivity index (χ4v) is 3.91. The lowest BCUT2D eigenvalue weighted by Crippen LogP contribution is -2.20. The Bertz CT molecular complexity index is 1680. The topological polar surface area (TPSA) is 112 Å². The molecule has 4 N–H and O–H groups in total. The van der Waals surface area contributed by atoms with Crippen LogP contribution in [0.5, 0.6) is 11.5 Å². The Morgan fingerprint density at radius 3 is 2.50 bits per heavy atom. The van der Waals surface area contributed by atoms with Crippen molar-refractivity contribution >= 4 is 50.9 Å². The van der Waals surface area contributed by atoms with Gasteiger partial charge in [-0.1, -0.05) is 35.9 Å². The summed E-state index contributed by atoms with van der Waals surface area (Å²) in [4.78, 5) is 33.5. The fourth-order valence-electron chi connectivity index (χ4n) is 3.69. The average Bonchev–Trinajstić information content (AvgIpc) is 3.22. The monoisotopic (exact) mass is 513 g/mol. The van der Waals surface area contributed by atoms with Gasteiger partial charge in [-0.05, 0) is 30.3 Å². The second kappa shape index (κ2) is 8.93. The molecule has 2 aromatic heterocycles. The van der Waals surface area contributed by atoms with Crippen molar-refractivity contribution in [3.63, 3.8) is 0 Å². The van der Waals surface area contributed by atoms with Crippen LogP contribution in [-0.2, 0) is 6.18 Å². The van der Waals surface area contributed by atoms with E-state index in [0.29, 0.717) is 39.1 Å². The largest absolute Gasteiger partial charge is 0.454 e. The molecule has 8 nitrogen and oxygen atoms in total. The maximum Gasteiger partial charge on any atom is 0.417 e. The number of H-pyrrole nitrogens is 2. The first-order valence-corrected chi connectivity index (χ1v) is 10.8. The molecule has 0 atom stereocenters. The van der Waals surface area contributed by atoms with Crippen LogP contribution in [0.15, 0.2) is 71.7 Å². The summed E-state index contributed by atoms with van der Waals surface area (Å²) in [5.41, 5.74) is -0.414. The zero-order chi connectivity index (χ0) is 25.4. The van der Waals surface area contributed by atoms with E-state index in [-0.39, 0.29) is 5.69 Å². The van der Waals surface area contributed by atoms with E-state index in [1.807, 2.05) is 0 Å². The molecular formula is C24H15ClF3N5O3. The van der Waals surface area contributed by atoms with Gasteiger partial charge in [-0.2, -0.15) is 13.2 Å². The molecule has 0 aliphatic rings. The number of rotatable bonds is 4. The van der Waals surface area contributed by atoms with Crippen molar-refractivity contribution in [1.29, 1.82) is 0 Å². The third-order valence-electron chi connectivity index (χ3n) is 5.27. The first-order chi connectivity index (χ1) is 17.2. The van der Waals surface area contributed by atoms with Crippen molar-refractivity contribution in [2.45, 2.75) is 6.18 Å². The first-order valence-electron chi connectivity index (χ1n) is 10.4. The van der Waals surface area contributed by atoms with E-state index in [1.54, 1.807) is 42.5 Å². The number of benzene rings is 3. The fraction of sp³-hybridized carbons (Fsp3) is 0.0417. The summed E-state index contributed by atoms with van der Waals surface area (Å²) in [6, 6.07) is 14.2. The molecule has 0 bridgehead atoms. The van der Waals surface area contributed by atoms with Gasteiger partial charge < -0.3 is 20.4 Å². The number of amides is 2. The molecule has 36 heavy (non-hydrogen) atoms. The SMILES string of the molecule is O=C(Nc1ccc(Cl)c(C(F)(F)F)c1)Nc1ccc(Oc2ccnc3[nH]c(=O)[nH]c23)c2ccccc12. The predicted molar refractivity (Wildman–Crippen MR) is 130 cm³/mol. The number of carbonyl (C=O) groups is 1. The summed E-state index contributed by atoms with van der Waals surface area (Å²) < 4.78 is 45.4. The Kier molecular flexibility index (Phi) is 5.77. The molecule has 182 valence electrons. The van der Waals surface area contributed by atoms with Crippen LogP contribution in [0.25, 0.3) is 21.9 Å². The number of hydrogen-bond donors (Lipinski definition) is 4. The normalized spacial score (nSPS) is 11.6. The van der Waals surface area contributed by atoms with Gasteiger partial charge in [0.1, 0.15) is 11.3 Å². The number of ether oxygens (including phenoxy) is 1. The molecule has 0 fully saturated rings. The van der Waals surface area contributed by atoms with Crippen molar-refractivity contribution in [2.24, 2.45) is 0 Å². The molecule has 0 aliphatic carbocycles. The van der Waals surface area contributed by atoms with Crippen LogP contribution >= 0.6 is 11.6 Å². The Labute approximate surface area is 205 Å². The molecule has 0 saturated heterocycles. The van der Waals surface area contributed by atoms with Crippen molar-refractivity contribution in [1.82, 2.24) is 15.0 Å². The highest BCUT2D eigenvalue weighted by Gasteiger charge is 2.33. The summed E-state index contributed by atoms with van der Waals surface area (Å²) in [5, 5.41) is 5.83. The Hall–Kier alpha value is -4.51. The molecular weight excluding hydrogens is 499 g/mol. The van der Waals surface area contributed by atoms with Crippen LogP contribution in [0.1, 0.15) is 5.56 Å². The lowest BCUT2D eigenvalue weighted by Gasteiger charge is -2.15. The number of imidazole rings is 1. The third kappa shape index (κ3) is 4.56. The average molecular weight is 514 g/mol. The highest BCUT2D eigenvalue weighted by atomic mass is 35.5. The summed E-state index contributed by atoms with van der Waals surface area (Å²) in [6.07, 6.45) is -3.17. The number of aromatic amines is 2. The predicted octanol–water partition coefficient (Wildman–Crippen LogP) is 6.51. The summed E-state index contributed by atoms with van der Waals surface area (Å²) >= 11 is 5.64. The molecule has 2 heterocycles. The number of fused-ring (bicyclic) bond motifs is 2. The molecule has 5 rings (SSSR count). The number of pyridine rings is 1. The summed E-state index contributed by atoms with van der Waals surface area (Å²) in [7, 11) is 0. The minimum atomic E-state index is -4.66. The number of halogens is 4. The Balaban J connectivity index is 1.42. The number of alkyl halides is 3. The van der Waals surface area contributed by atoms with Gasteiger partial charge in [0.05, 0.1) is 16.3 Å². The number of nitrogens with one attached hydrogen (secondary N) is 4. The van der Waals surface area contributed by atoms with Crippen molar-refractivity contribution < 1.29 is 22.7 Å². The molecule has 3 aromatic carbocycles. The van der Waals surface area contributed by atoms with Gasteiger partial charge in [0.2, 0.25) is 0 Å². The van der Waals surface area contributed by atoms with Gasteiger partial charge in [0.25, 0.3) is 0 Å². The van der Waals surface area contributed by atoms with Crippen molar-refractivity contribution in [3.8, 4) is 11.5 Å². The van der Waals surface area contributed by atoms with Gasteiger partial charge in [-0.15, -0.1) is 0 Å². The second-order valence-electron chi connectivity index (χ2n) is 7.64. The molecule has 2 amide bonds. The van der Waals surface area contributed by atoms with Crippen molar-refractivity contribution in [3.05, 3.63) is 87.9 Å². The Morgan fingerprint density at radius 1 is 0.944 bits per heavy atom. The van der Waals surface area contributed by atoms with Crippen molar-refractivity contribution in [2.75, 3.05) is 10.6 Å². The number of nitrogens with zero attached hydrogens (tertiary/aromatic N) is 1. The first kappa shape index (κ1) is 23.2. The van der Waals surface area contributed by atoms with E-state index in [9.17, 15) is 22.8 Å². The van der Waals surface area contributed by atoms with E-state index in [4.69, 9.17) is 16.3 Å². The maximum absolute atomic E-state index is 13.1. The lowest BCUT2D eigenvalue weighted by molar-refractivity contribution is -0.137. The van der Waals surface area contributed by atoms with E-state index < -0.39 is 28.5 Å². The molecule has 0 unspecified atom stereocenters. The van der Waals surface area contributed by atoms with E-state index in [2.05, 4.69) is 25.6 Å². The maximum atomic E-state index is 13.1. The van der Waals surface area contributed by atoms with Crippen LogP contribution in [0, 0.1) is 0 Å². The molecule has 12 heteroatoms. The van der Waals surface area contributed by atoms with Crippen LogP contribution in [0.2, 0.25) is 5.02 Å². The van der Waals surface area contributed by atoms with Gasteiger partial charge in [0, 0.05) is 28.7 Å². The number of anilines is 2. The van der Waals surface area contributed by atoms with Crippen LogP contribution in [-0.4, -0.2) is 21.0 Å². The zero-order valence-corrected chi connectivity index (χ0v) is 18.8. The standard InChI is InChI=1S/C24H15ClF3N5O3/c25-16-6-5-12(11-15(16)24(26,27)28)30-22(34)31-17-7-8-18(14-4-2-1-3-13(14)17)36-19-9-10-29-21-20(19)32-23(35)33-21/h1-11H,(H2,30,31,34)(H2,29,32,33,35). The van der Waals surface area contributed by atoms with Crippen LogP contribution in [0.3, 0.4) is 0 Å². The number of hydrogen-bond acceptors (Lipinski definition) is 4. The molecule has 0 aliphatic heterocycles. The highest BCUT2D eigenvalue weighted by Crippen LogP contribution is 2.37. The van der Waals surface area contributed by atoms with E-state index in [1.165, 1.54) is 12.3 Å². The van der Waals surface area contributed by atoms with Gasteiger partial charge >= 0.3 is 17.9 Å². The minimum absolute atomic E-state index is 0.0734. The van der Waals surface area contributed by atoms with Crippen LogP contribution in [0.4, 0.5) is 29.3 Å². The summed E-state index contributed by atoms with van der Waals surface area (Å²) in [5.74, 6) is 0.809. The van der Waals surface area contributed by atoms with E-state index in [0.717, 1.165) is 12.1 Å². The number of aromatic nitrogens is 3.